The molecular formula is C11H10BrClN2O2S2. The fourth-order valence-corrected chi connectivity index (χ4v) is 4.83. The zero-order chi connectivity index (χ0) is 14.0. The third kappa shape index (κ3) is 3.49. The molecule has 0 fully saturated rings. The smallest absolute Gasteiger partial charge is 0.271 e. The lowest BCUT2D eigenvalue weighted by molar-refractivity contribution is 0.603. The summed E-state index contributed by atoms with van der Waals surface area (Å²) >= 11 is 10.1. The molecule has 0 saturated heterocycles. The molecule has 4 nitrogen and oxygen atoms in total. The first-order valence-electron chi connectivity index (χ1n) is 5.19. The Bertz CT molecular complexity index is 664. The number of thiophene rings is 1. The van der Waals surface area contributed by atoms with Gasteiger partial charge in [0, 0.05) is 12.2 Å². The Morgan fingerprint density at radius 3 is 2.42 bits per heavy atom. The molecule has 3 N–H and O–H groups in total. The Morgan fingerprint density at radius 2 is 1.95 bits per heavy atom. The van der Waals surface area contributed by atoms with Crippen LogP contribution < -0.4 is 10.5 Å². The molecule has 0 aliphatic heterocycles. The Balaban J connectivity index is 2.25. The van der Waals surface area contributed by atoms with Gasteiger partial charge in [0.15, 0.2) is 0 Å². The maximum atomic E-state index is 12.1. The molecule has 0 aliphatic rings. The minimum Gasteiger partial charge on any atom is -0.326 e. The molecule has 0 bridgehead atoms. The van der Waals surface area contributed by atoms with E-state index in [0.717, 1.165) is 16.9 Å². The molecule has 0 radical (unpaired) electrons. The van der Waals surface area contributed by atoms with Crippen LogP contribution in [-0.2, 0) is 16.6 Å². The first kappa shape index (κ1) is 14.8. The molecule has 1 aromatic carbocycles. The van der Waals surface area contributed by atoms with Crippen LogP contribution >= 0.6 is 38.9 Å². The van der Waals surface area contributed by atoms with Crippen LogP contribution in [0.2, 0.25) is 5.02 Å². The standard InChI is InChI=1S/C11H10BrClN2O2S2/c12-11-9(13)5-10(18-11)19(16,17)15-8-3-1-7(6-14)2-4-8/h1-5,15H,6,14H2. The van der Waals surface area contributed by atoms with Crippen LogP contribution in [0.5, 0.6) is 0 Å². The van der Waals surface area contributed by atoms with Crippen LogP contribution in [-0.4, -0.2) is 8.42 Å². The summed E-state index contributed by atoms with van der Waals surface area (Å²) in [4.78, 5) is 0. The average molecular weight is 382 g/mol. The largest absolute Gasteiger partial charge is 0.326 e. The summed E-state index contributed by atoms with van der Waals surface area (Å²) in [5.41, 5.74) is 6.90. The SMILES string of the molecule is NCc1ccc(NS(=O)(=O)c2cc(Cl)c(Br)s2)cc1. The fourth-order valence-electron chi connectivity index (χ4n) is 1.37. The molecule has 8 heteroatoms. The number of benzene rings is 1. The zero-order valence-electron chi connectivity index (χ0n) is 9.56. The molecule has 2 aromatic rings. The number of hydrogen-bond donors (Lipinski definition) is 2. The van der Waals surface area contributed by atoms with Crippen molar-refractivity contribution in [1.82, 2.24) is 0 Å². The van der Waals surface area contributed by atoms with Crippen molar-refractivity contribution in [1.29, 1.82) is 0 Å². The van der Waals surface area contributed by atoms with Crippen molar-refractivity contribution in [3.05, 3.63) is 44.7 Å². The van der Waals surface area contributed by atoms with E-state index in [9.17, 15) is 8.42 Å². The third-order valence-electron chi connectivity index (χ3n) is 2.33. The van der Waals surface area contributed by atoms with E-state index in [4.69, 9.17) is 17.3 Å². The predicted molar refractivity (Wildman–Crippen MR) is 82.2 cm³/mol. The molecule has 0 amide bonds. The number of hydrogen-bond acceptors (Lipinski definition) is 4. The maximum absolute atomic E-state index is 12.1. The Hall–Kier alpha value is -0.600. The topological polar surface area (TPSA) is 72.2 Å². The monoisotopic (exact) mass is 380 g/mol. The van der Waals surface area contributed by atoms with Gasteiger partial charge >= 0.3 is 0 Å². The van der Waals surface area contributed by atoms with Crippen LogP contribution in [0.1, 0.15) is 5.56 Å². The first-order valence-corrected chi connectivity index (χ1v) is 8.66. The predicted octanol–water partition coefficient (Wildman–Crippen LogP) is 3.42. The van der Waals surface area contributed by atoms with Crippen LogP contribution in [0.25, 0.3) is 0 Å². The summed E-state index contributed by atoms with van der Waals surface area (Å²) in [6.07, 6.45) is 0. The number of nitrogens with one attached hydrogen (secondary N) is 1. The highest BCUT2D eigenvalue weighted by Gasteiger charge is 2.19. The summed E-state index contributed by atoms with van der Waals surface area (Å²) in [7, 11) is -3.61. The molecule has 102 valence electrons. The Kier molecular flexibility index (Phi) is 4.52. The van der Waals surface area contributed by atoms with Crippen LogP contribution in [0.3, 0.4) is 0 Å². The lowest BCUT2D eigenvalue weighted by Crippen LogP contribution is -2.11. The molecule has 1 aromatic heterocycles. The van der Waals surface area contributed by atoms with Gasteiger partial charge in [-0.3, -0.25) is 4.72 Å². The van der Waals surface area contributed by atoms with E-state index < -0.39 is 10.0 Å². The molecule has 19 heavy (non-hydrogen) atoms. The highest BCUT2D eigenvalue weighted by Crippen LogP contribution is 2.35. The van der Waals surface area contributed by atoms with E-state index in [1.165, 1.54) is 6.07 Å². The molecular weight excluding hydrogens is 372 g/mol. The van der Waals surface area contributed by atoms with E-state index in [0.29, 0.717) is 21.0 Å². The fraction of sp³-hybridized carbons (Fsp3) is 0.0909. The van der Waals surface area contributed by atoms with Gasteiger partial charge in [0.1, 0.15) is 4.21 Å². The molecule has 0 spiro atoms. The Labute approximate surface area is 128 Å². The van der Waals surface area contributed by atoms with Crippen molar-refractivity contribution >= 4 is 54.6 Å². The van der Waals surface area contributed by atoms with E-state index in [-0.39, 0.29) is 4.21 Å². The number of sulfonamides is 1. The number of halogens is 2. The average Bonchev–Trinajstić information content (AvgIpc) is 2.71. The van der Waals surface area contributed by atoms with Crippen molar-refractivity contribution in [2.45, 2.75) is 10.8 Å². The minimum atomic E-state index is -3.61. The number of anilines is 1. The highest BCUT2D eigenvalue weighted by molar-refractivity contribution is 9.11. The van der Waals surface area contributed by atoms with Crippen molar-refractivity contribution in [2.24, 2.45) is 5.73 Å². The van der Waals surface area contributed by atoms with Gasteiger partial charge in [-0.25, -0.2) is 8.42 Å². The maximum Gasteiger partial charge on any atom is 0.271 e. The van der Waals surface area contributed by atoms with Gasteiger partial charge in [0.2, 0.25) is 0 Å². The second-order valence-electron chi connectivity index (χ2n) is 3.69. The zero-order valence-corrected chi connectivity index (χ0v) is 13.5. The summed E-state index contributed by atoms with van der Waals surface area (Å²) in [5, 5.41) is 0.379. The van der Waals surface area contributed by atoms with Gasteiger partial charge in [-0.15, -0.1) is 11.3 Å². The van der Waals surface area contributed by atoms with Crippen molar-refractivity contribution < 1.29 is 8.42 Å². The van der Waals surface area contributed by atoms with Crippen LogP contribution in [0.15, 0.2) is 38.3 Å². The summed E-state index contributed by atoms with van der Waals surface area (Å²) in [6.45, 7) is 0.417. The first-order chi connectivity index (χ1) is 8.92. The van der Waals surface area contributed by atoms with Crippen LogP contribution in [0.4, 0.5) is 5.69 Å². The molecule has 2 rings (SSSR count). The summed E-state index contributed by atoms with van der Waals surface area (Å²) < 4.78 is 27.5. The van der Waals surface area contributed by atoms with E-state index in [2.05, 4.69) is 20.7 Å². The van der Waals surface area contributed by atoms with Crippen molar-refractivity contribution in [3.8, 4) is 0 Å². The number of nitrogens with two attached hydrogens (primary N) is 1. The number of rotatable bonds is 4. The van der Waals surface area contributed by atoms with Gasteiger partial charge in [0.25, 0.3) is 10.0 Å². The molecule has 0 saturated carbocycles. The van der Waals surface area contributed by atoms with Gasteiger partial charge in [0.05, 0.1) is 8.81 Å². The second-order valence-corrected chi connectivity index (χ2v) is 8.38. The van der Waals surface area contributed by atoms with E-state index in [1.54, 1.807) is 24.3 Å². The van der Waals surface area contributed by atoms with Gasteiger partial charge in [-0.05, 0) is 39.7 Å². The molecule has 0 unspecified atom stereocenters. The highest BCUT2D eigenvalue weighted by atomic mass is 79.9. The van der Waals surface area contributed by atoms with E-state index >= 15 is 0 Å². The van der Waals surface area contributed by atoms with Gasteiger partial charge < -0.3 is 5.73 Å². The Morgan fingerprint density at radius 1 is 1.32 bits per heavy atom. The summed E-state index contributed by atoms with van der Waals surface area (Å²) in [5.74, 6) is 0. The van der Waals surface area contributed by atoms with E-state index in [1.807, 2.05) is 0 Å². The van der Waals surface area contributed by atoms with Gasteiger partial charge in [-0.1, -0.05) is 23.7 Å². The van der Waals surface area contributed by atoms with Crippen molar-refractivity contribution in [3.63, 3.8) is 0 Å². The normalized spacial score (nSPS) is 11.5. The van der Waals surface area contributed by atoms with Gasteiger partial charge in [-0.2, -0.15) is 0 Å². The summed E-state index contributed by atoms with van der Waals surface area (Å²) in [6, 6.07) is 8.30. The lowest BCUT2D eigenvalue weighted by Gasteiger charge is -2.06. The molecule has 0 atom stereocenters. The molecule has 1 heterocycles. The molecule has 0 aliphatic carbocycles. The third-order valence-corrected chi connectivity index (χ3v) is 6.66. The second kappa shape index (κ2) is 5.80. The lowest BCUT2D eigenvalue weighted by atomic mass is 10.2. The van der Waals surface area contributed by atoms with Crippen LogP contribution in [0, 0.1) is 0 Å². The quantitative estimate of drug-likeness (QED) is 0.852. The minimum absolute atomic E-state index is 0.160. The van der Waals surface area contributed by atoms with Crippen molar-refractivity contribution in [2.75, 3.05) is 4.72 Å².